The predicted molar refractivity (Wildman–Crippen MR) is 147 cm³/mol. The molecule has 4 nitrogen and oxygen atoms in total. The molecule has 40 heavy (non-hydrogen) atoms. The summed E-state index contributed by atoms with van der Waals surface area (Å²) in [6.45, 7) is 2.32. The molecule has 0 atom stereocenters. The van der Waals surface area contributed by atoms with Gasteiger partial charge in [-0.2, -0.15) is 13.2 Å². The first-order valence-electron chi connectivity index (χ1n) is 13.3. The van der Waals surface area contributed by atoms with Crippen molar-refractivity contribution in [2.75, 3.05) is 26.3 Å². The van der Waals surface area contributed by atoms with Crippen molar-refractivity contribution in [3.63, 3.8) is 0 Å². The number of aromatic nitrogens is 1. The number of allylic oxidation sites excluding steroid dienone is 1. The summed E-state index contributed by atoms with van der Waals surface area (Å²) in [5.41, 5.74) is 3.52. The minimum Gasteiger partial charge on any atom is -0.478 e. The zero-order valence-electron chi connectivity index (χ0n) is 21.8. The molecule has 1 aromatic heterocycles. The lowest BCUT2D eigenvalue weighted by Crippen LogP contribution is -2.47. The molecule has 2 heterocycles. The molecule has 0 bridgehead atoms. The van der Waals surface area contributed by atoms with Crippen LogP contribution in [0.4, 0.5) is 17.6 Å². The Labute approximate surface area is 235 Å². The van der Waals surface area contributed by atoms with E-state index in [0.717, 1.165) is 48.8 Å². The van der Waals surface area contributed by atoms with Crippen molar-refractivity contribution in [3.05, 3.63) is 98.8 Å². The Balaban J connectivity index is 1.57. The number of aryl methyl sites for hydroxylation is 1. The van der Waals surface area contributed by atoms with Crippen LogP contribution in [-0.4, -0.2) is 47.3 Å². The number of hydrogen-bond acceptors (Lipinski definition) is 3. The second-order valence-corrected chi connectivity index (χ2v) is 10.9. The van der Waals surface area contributed by atoms with Gasteiger partial charge in [0.2, 0.25) is 0 Å². The van der Waals surface area contributed by atoms with E-state index in [1.807, 2.05) is 24.3 Å². The number of carboxylic acid groups (broad SMARTS) is 1. The topological polar surface area (TPSA) is 53.4 Å². The molecule has 1 aliphatic heterocycles. The molecule has 210 valence electrons. The third kappa shape index (κ3) is 6.08. The summed E-state index contributed by atoms with van der Waals surface area (Å²) in [4.78, 5) is 18.1. The van der Waals surface area contributed by atoms with Gasteiger partial charge in [-0.3, -0.25) is 9.37 Å². The highest BCUT2D eigenvalue weighted by Gasteiger charge is 2.36. The van der Waals surface area contributed by atoms with Crippen LogP contribution >= 0.6 is 11.6 Å². The van der Waals surface area contributed by atoms with Gasteiger partial charge in [0, 0.05) is 25.8 Å². The fourth-order valence-corrected chi connectivity index (χ4v) is 5.95. The van der Waals surface area contributed by atoms with Crippen molar-refractivity contribution < 1.29 is 27.5 Å². The van der Waals surface area contributed by atoms with Crippen LogP contribution in [0.5, 0.6) is 0 Å². The largest absolute Gasteiger partial charge is 0.478 e. The average Bonchev–Trinajstić information content (AvgIpc) is 3.09. The van der Waals surface area contributed by atoms with Crippen LogP contribution < -0.4 is 0 Å². The Kier molecular flexibility index (Phi) is 8.29. The van der Waals surface area contributed by atoms with Crippen LogP contribution in [-0.2, 0) is 19.0 Å². The molecule has 9 heteroatoms. The molecule has 0 radical (unpaired) electrons. The lowest BCUT2D eigenvalue weighted by molar-refractivity contribution is -0.138. The summed E-state index contributed by atoms with van der Waals surface area (Å²) < 4.78 is 54.9. The van der Waals surface area contributed by atoms with Crippen molar-refractivity contribution >= 4 is 28.7 Å². The lowest BCUT2D eigenvalue weighted by atomic mass is 9.86. The molecule has 0 unspecified atom stereocenters. The van der Waals surface area contributed by atoms with Crippen molar-refractivity contribution in [1.82, 2.24) is 9.88 Å². The Morgan fingerprint density at radius 2 is 1.82 bits per heavy atom. The van der Waals surface area contributed by atoms with E-state index in [2.05, 4.69) is 9.88 Å². The monoisotopic (exact) mass is 572 g/mol. The number of rotatable bonds is 8. The predicted octanol–water partition coefficient (Wildman–Crippen LogP) is 7.58. The summed E-state index contributed by atoms with van der Waals surface area (Å²) >= 11 is 5.93. The highest BCUT2D eigenvalue weighted by molar-refractivity contribution is 6.30. The Morgan fingerprint density at radius 1 is 1.07 bits per heavy atom. The standard InChI is InChI=1S/C31H29ClF4N2O2/c32-24-15-27(31(34,35)36)29(37-16-24)26-4-1-3-22-14-23(30(39)40)9-10-25(22)28(26)21-7-5-19(6-8-21)13-20-17-38(18-20)12-2-11-33/h5-10,14-16,20H,1-4,11-13,17-18H2,(H,39,40). The van der Waals surface area contributed by atoms with E-state index in [4.69, 9.17) is 11.6 Å². The number of alkyl halides is 4. The zero-order valence-corrected chi connectivity index (χ0v) is 22.5. The van der Waals surface area contributed by atoms with E-state index >= 15 is 0 Å². The maximum Gasteiger partial charge on any atom is 0.418 e. The number of carboxylic acids is 1. The third-order valence-corrected chi connectivity index (χ3v) is 7.86. The molecule has 2 aromatic carbocycles. The quantitative estimate of drug-likeness (QED) is 0.283. The minimum atomic E-state index is -4.65. The number of pyridine rings is 1. The Hall–Kier alpha value is -3.23. The fraction of sp³-hybridized carbons (Fsp3) is 0.355. The molecule has 1 saturated heterocycles. The first-order valence-corrected chi connectivity index (χ1v) is 13.7. The van der Waals surface area contributed by atoms with Gasteiger partial charge in [0.25, 0.3) is 0 Å². The summed E-state index contributed by atoms with van der Waals surface area (Å²) in [5.74, 6) is -0.568. The van der Waals surface area contributed by atoms with Gasteiger partial charge >= 0.3 is 12.1 Å². The van der Waals surface area contributed by atoms with E-state index in [1.54, 1.807) is 12.1 Å². The Morgan fingerprint density at radius 3 is 2.50 bits per heavy atom. The second-order valence-electron chi connectivity index (χ2n) is 10.5. The van der Waals surface area contributed by atoms with Gasteiger partial charge in [-0.25, -0.2) is 4.79 Å². The summed E-state index contributed by atoms with van der Waals surface area (Å²) in [6, 6.07) is 13.6. The van der Waals surface area contributed by atoms with E-state index in [1.165, 1.54) is 12.3 Å². The van der Waals surface area contributed by atoms with Gasteiger partial charge in [-0.1, -0.05) is 41.9 Å². The third-order valence-electron chi connectivity index (χ3n) is 7.65. The van der Waals surface area contributed by atoms with E-state index < -0.39 is 17.7 Å². The van der Waals surface area contributed by atoms with Crippen molar-refractivity contribution in [3.8, 4) is 0 Å². The highest BCUT2D eigenvalue weighted by Crippen LogP contribution is 2.44. The van der Waals surface area contributed by atoms with Gasteiger partial charge in [0.15, 0.2) is 0 Å². The number of halogens is 5. The van der Waals surface area contributed by atoms with Crippen LogP contribution in [0.1, 0.15) is 63.1 Å². The fourth-order valence-electron chi connectivity index (χ4n) is 5.80. The normalized spacial score (nSPS) is 16.4. The number of fused-ring (bicyclic) bond motifs is 1. The summed E-state index contributed by atoms with van der Waals surface area (Å²) in [7, 11) is 0. The van der Waals surface area contributed by atoms with Crippen molar-refractivity contribution in [2.24, 2.45) is 5.92 Å². The number of hydrogen-bond donors (Lipinski definition) is 1. The number of aromatic carboxylic acids is 1. The second kappa shape index (κ2) is 11.7. The first kappa shape index (κ1) is 28.3. The molecular formula is C31H29ClF4N2O2. The molecule has 1 aliphatic carbocycles. The maximum atomic E-state index is 14.2. The van der Waals surface area contributed by atoms with Crippen molar-refractivity contribution in [1.29, 1.82) is 0 Å². The SMILES string of the molecule is O=C(O)c1ccc2c(c1)CCCC(c1ncc(Cl)cc1C(F)(F)F)=C2c1ccc(CC2CN(CCCF)C2)cc1. The molecule has 2 aliphatic rings. The van der Waals surface area contributed by atoms with Crippen LogP contribution in [0.2, 0.25) is 5.02 Å². The van der Waals surface area contributed by atoms with Gasteiger partial charge in [-0.15, -0.1) is 0 Å². The summed E-state index contributed by atoms with van der Waals surface area (Å²) in [6.07, 6.45) is -0.609. The van der Waals surface area contributed by atoms with Crippen molar-refractivity contribution in [2.45, 2.75) is 38.3 Å². The van der Waals surface area contributed by atoms with Gasteiger partial charge in [-0.05, 0) is 89.6 Å². The highest BCUT2D eigenvalue weighted by atomic mass is 35.5. The Bertz CT molecular complexity index is 1430. The number of nitrogens with zero attached hydrogens (tertiary/aromatic N) is 2. The molecule has 0 amide bonds. The molecule has 1 N–H and O–H groups in total. The van der Waals surface area contributed by atoms with Gasteiger partial charge in [0.05, 0.1) is 28.5 Å². The average molecular weight is 573 g/mol. The van der Waals surface area contributed by atoms with Crippen LogP contribution in [0.3, 0.4) is 0 Å². The zero-order chi connectivity index (χ0) is 28.4. The summed E-state index contributed by atoms with van der Waals surface area (Å²) in [5, 5.41) is 9.43. The molecule has 0 spiro atoms. The minimum absolute atomic E-state index is 0.0954. The molecule has 1 fully saturated rings. The molecule has 5 rings (SSSR count). The lowest BCUT2D eigenvalue weighted by Gasteiger charge is -2.39. The molecule has 3 aromatic rings. The number of benzene rings is 2. The van der Waals surface area contributed by atoms with E-state index in [-0.39, 0.29) is 23.0 Å². The molecule has 0 saturated carbocycles. The van der Waals surface area contributed by atoms with Gasteiger partial charge < -0.3 is 10.0 Å². The maximum absolute atomic E-state index is 14.2. The van der Waals surface area contributed by atoms with Crippen LogP contribution in [0.25, 0.3) is 11.1 Å². The number of likely N-dealkylation sites (tertiary alicyclic amines) is 1. The first-order chi connectivity index (χ1) is 19.1. The van der Waals surface area contributed by atoms with Crippen LogP contribution in [0, 0.1) is 5.92 Å². The van der Waals surface area contributed by atoms with E-state index in [0.29, 0.717) is 48.3 Å². The number of carbonyl (C=O) groups is 1. The molecular weight excluding hydrogens is 544 g/mol. The van der Waals surface area contributed by atoms with Crippen LogP contribution in [0.15, 0.2) is 54.7 Å². The smallest absolute Gasteiger partial charge is 0.418 e. The van der Waals surface area contributed by atoms with Gasteiger partial charge in [0.1, 0.15) is 0 Å². The van der Waals surface area contributed by atoms with E-state index in [9.17, 15) is 27.5 Å².